The van der Waals surface area contributed by atoms with Gasteiger partial charge in [-0.05, 0) is 43.2 Å². The van der Waals surface area contributed by atoms with Gasteiger partial charge in [0.2, 0.25) is 5.91 Å². The topological polar surface area (TPSA) is 80.6 Å². The highest BCUT2D eigenvalue weighted by atomic mass is 16.5. The molecule has 1 aliphatic heterocycles. The molecule has 0 spiro atoms. The zero-order valence-electron chi connectivity index (χ0n) is 20.0. The lowest BCUT2D eigenvalue weighted by Gasteiger charge is -2.36. The van der Waals surface area contributed by atoms with Crippen molar-refractivity contribution in [3.8, 4) is 17.1 Å². The third-order valence-corrected chi connectivity index (χ3v) is 5.80. The number of esters is 1. The molecule has 3 heterocycles. The number of hydrogen-bond donors (Lipinski definition) is 0. The molecule has 0 unspecified atom stereocenters. The number of carbonyl (C=O) groups excluding carboxylic acids is 2. The molecule has 8 nitrogen and oxygen atoms in total. The SMILES string of the molecule is CCOC(=O)c1cc(-c2ccc(N3CCN(C(=O)CC(C)C)CC3)cc2)n(-c2ccccn2)n1. The summed E-state index contributed by atoms with van der Waals surface area (Å²) in [5.41, 5.74) is 3.03. The molecule has 1 amide bonds. The number of carbonyl (C=O) groups is 2. The van der Waals surface area contributed by atoms with Gasteiger partial charge in [0, 0.05) is 50.0 Å². The van der Waals surface area contributed by atoms with Crippen LogP contribution in [0, 0.1) is 5.92 Å². The van der Waals surface area contributed by atoms with Gasteiger partial charge in [0.15, 0.2) is 11.5 Å². The van der Waals surface area contributed by atoms with Crippen LogP contribution in [0.3, 0.4) is 0 Å². The highest BCUT2D eigenvalue weighted by Crippen LogP contribution is 2.27. The molecule has 1 aromatic carbocycles. The number of amides is 1. The number of piperazine rings is 1. The molecule has 34 heavy (non-hydrogen) atoms. The lowest BCUT2D eigenvalue weighted by Crippen LogP contribution is -2.49. The molecule has 2 aromatic heterocycles. The van der Waals surface area contributed by atoms with Crippen molar-refractivity contribution in [2.24, 2.45) is 5.92 Å². The third kappa shape index (κ3) is 5.27. The minimum absolute atomic E-state index is 0.241. The number of benzene rings is 1. The Morgan fingerprint density at radius 2 is 1.76 bits per heavy atom. The first-order chi connectivity index (χ1) is 16.5. The van der Waals surface area contributed by atoms with Gasteiger partial charge in [0.1, 0.15) is 0 Å². The largest absolute Gasteiger partial charge is 0.461 e. The van der Waals surface area contributed by atoms with Crippen LogP contribution < -0.4 is 4.90 Å². The summed E-state index contributed by atoms with van der Waals surface area (Å²) < 4.78 is 6.81. The summed E-state index contributed by atoms with van der Waals surface area (Å²) in [6, 6.07) is 15.5. The van der Waals surface area contributed by atoms with Crippen LogP contribution in [-0.4, -0.2) is 64.3 Å². The fraction of sp³-hybridized carbons (Fsp3) is 0.385. The predicted molar refractivity (Wildman–Crippen MR) is 131 cm³/mol. The minimum Gasteiger partial charge on any atom is -0.461 e. The fourth-order valence-corrected chi connectivity index (χ4v) is 4.08. The van der Waals surface area contributed by atoms with Crippen LogP contribution in [0.15, 0.2) is 54.7 Å². The maximum atomic E-state index is 12.4. The van der Waals surface area contributed by atoms with Gasteiger partial charge in [0.25, 0.3) is 0 Å². The molecule has 1 saturated heterocycles. The number of aromatic nitrogens is 3. The van der Waals surface area contributed by atoms with E-state index in [9.17, 15) is 9.59 Å². The van der Waals surface area contributed by atoms with Crippen LogP contribution in [0.1, 0.15) is 37.7 Å². The van der Waals surface area contributed by atoms with Crippen LogP contribution >= 0.6 is 0 Å². The summed E-state index contributed by atoms with van der Waals surface area (Å²) in [6.07, 6.45) is 2.30. The van der Waals surface area contributed by atoms with Crippen LogP contribution in [0.25, 0.3) is 17.1 Å². The summed E-state index contributed by atoms with van der Waals surface area (Å²) >= 11 is 0. The molecular weight excluding hydrogens is 430 g/mol. The van der Waals surface area contributed by atoms with Crippen molar-refractivity contribution in [1.29, 1.82) is 0 Å². The Bertz CT molecular complexity index is 1120. The van der Waals surface area contributed by atoms with Crippen molar-refractivity contribution < 1.29 is 14.3 Å². The second kappa shape index (κ2) is 10.5. The quantitative estimate of drug-likeness (QED) is 0.498. The second-order valence-corrected chi connectivity index (χ2v) is 8.75. The average Bonchev–Trinajstić information content (AvgIpc) is 3.30. The molecule has 3 aromatic rings. The Hall–Kier alpha value is -3.68. The molecule has 0 N–H and O–H groups in total. The zero-order valence-corrected chi connectivity index (χ0v) is 20.0. The van der Waals surface area contributed by atoms with Crippen LogP contribution in [0.2, 0.25) is 0 Å². The van der Waals surface area contributed by atoms with Crippen molar-refractivity contribution >= 4 is 17.6 Å². The van der Waals surface area contributed by atoms with Gasteiger partial charge in [-0.1, -0.05) is 32.0 Å². The van der Waals surface area contributed by atoms with E-state index in [1.807, 2.05) is 35.2 Å². The Kier molecular flexibility index (Phi) is 7.25. The van der Waals surface area contributed by atoms with E-state index in [-0.39, 0.29) is 18.2 Å². The molecule has 0 radical (unpaired) electrons. The van der Waals surface area contributed by atoms with Gasteiger partial charge in [-0.3, -0.25) is 4.79 Å². The lowest BCUT2D eigenvalue weighted by molar-refractivity contribution is -0.132. The number of pyridine rings is 1. The normalized spacial score (nSPS) is 13.9. The molecule has 0 saturated carbocycles. The van der Waals surface area contributed by atoms with Gasteiger partial charge < -0.3 is 14.5 Å². The second-order valence-electron chi connectivity index (χ2n) is 8.75. The Morgan fingerprint density at radius 3 is 2.38 bits per heavy atom. The van der Waals surface area contributed by atoms with Crippen molar-refractivity contribution in [1.82, 2.24) is 19.7 Å². The zero-order chi connectivity index (χ0) is 24.1. The molecule has 4 rings (SSSR count). The van der Waals surface area contributed by atoms with Crippen molar-refractivity contribution in [3.63, 3.8) is 0 Å². The standard InChI is InChI=1S/C26H31N5O3/c1-4-34-26(33)22-18-23(31(28-22)24-7-5-6-12-27-24)20-8-10-21(11-9-20)29-13-15-30(16-14-29)25(32)17-19(2)3/h5-12,18-19H,4,13-17H2,1-3H3. The van der Waals surface area contributed by atoms with Gasteiger partial charge in [0.05, 0.1) is 12.3 Å². The molecule has 0 atom stereocenters. The van der Waals surface area contributed by atoms with Crippen LogP contribution in [0.4, 0.5) is 5.69 Å². The van der Waals surface area contributed by atoms with Crippen molar-refractivity contribution in [2.75, 3.05) is 37.7 Å². The number of rotatable bonds is 7. The Morgan fingerprint density at radius 1 is 1.03 bits per heavy atom. The number of hydrogen-bond acceptors (Lipinski definition) is 6. The Balaban J connectivity index is 1.53. The van der Waals surface area contributed by atoms with Gasteiger partial charge in [-0.25, -0.2) is 14.5 Å². The van der Waals surface area contributed by atoms with Crippen LogP contribution in [-0.2, 0) is 9.53 Å². The number of ether oxygens (including phenoxy) is 1. The van der Waals surface area contributed by atoms with Crippen molar-refractivity contribution in [3.05, 3.63) is 60.4 Å². The molecule has 1 aliphatic rings. The lowest BCUT2D eigenvalue weighted by atomic mass is 10.1. The number of anilines is 1. The van der Waals surface area contributed by atoms with E-state index in [1.165, 1.54) is 0 Å². The summed E-state index contributed by atoms with van der Waals surface area (Å²) in [6.45, 7) is 9.30. The first kappa shape index (κ1) is 23.5. The predicted octanol–water partition coefficient (Wildman–Crippen LogP) is 3.81. The highest BCUT2D eigenvalue weighted by Gasteiger charge is 2.22. The van der Waals surface area contributed by atoms with E-state index in [2.05, 4.69) is 41.0 Å². The van der Waals surface area contributed by atoms with E-state index in [0.29, 0.717) is 18.2 Å². The summed E-state index contributed by atoms with van der Waals surface area (Å²) in [4.78, 5) is 33.3. The molecule has 0 bridgehead atoms. The average molecular weight is 462 g/mol. The monoisotopic (exact) mass is 461 g/mol. The van der Waals surface area contributed by atoms with Crippen LogP contribution in [0.5, 0.6) is 0 Å². The third-order valence-electron chi connectivity index (χ3n) is 5.80. The van der Waals surface area contributed by atoms with Gasteiger partial charge in [-0.15, -0.1) is 0 Å². The summed E-state index contributed by atoms with van der Waals surface area (Å²) in [7, 11) is 0. The van der Waals surface area contributed by atoms with E-state index in [1.54, 1.807) is 23.9 Å². The minimum atomic E-state index is -0.458. The first-order valence-corrected chi connectivity index (χ1v) is 11.8. The molecule has 178 valence electrons. The molecular formula is C26H31N5O3. The van der Waals surface area contributed by atoms with E-state index in [0.717, 1.165) is 43.1 Å². The smallest absolute Gasteiger partial charge is 0.358 e. The maximum absolute atomic E-state index is 12.4. The van der Waals surface area contributed by atoms with E-state index < -0.39 is 5.97 Å². The van der Waals surface area contributed by atoms with E-state index >= 15 is 0 Å². The fourth-order valence-electron chi connectivity index (χ4n) is 4.08. The first-order valence-electron chi connectivity index (χ1n) is 11.8. The highest BCUT2D eigenvalue weighted by molar-refractivity contribution is 5.89. The molecule has 8 heteroatoms. The molecule has 1 fully saturated rings. The van der Waals surface area contributed by atoms with Gasteiger partial charge >= 0.3 is 5.97 Å². The summed E-state index contributed by atoms with van der Waals surface area (Å²) in [5, 5.41) is 4.46. The van der Waals surface area contributed by atoms with Crippen molar-refractivity contribution in [2.45, 2.75) is 27.2 Å². The molecule has 0 aliphatic carbocycles. The summed E-state index contributed by atoms with van der Waals surface area (Å²) in [5.74, 6) is 0.784. The Labute approximate surface area is 200 Å². The van der Waals surface area contributed by atoms with E-state index in [4.69, 9.17) is 4.74 Å². The number of nitrogens with zero attached hydrogens (tertiary/aromatic N) is 5. The van der Waals surface area contributed by atoms with Gasteiger partial charge in [-0.2, -0.15) is 5.10 Å². The maximum Gasteiger partial charge on any atom is 0.358 e.